The first kappa shape index (κ1) is 15.5. The Morgan fingerprint density at radius 1 is 1.32 bits per heavy atom. The molecule has 5 heteroatoms. The van der Waals surface area contributed by atoms with Crippen LogP contribution < -0.4 is 11.1 Å². The molecule has 1 amide bonds. The van der Waals surface area contributed by atoms with E-state index in [0.717, 1.165) is 5.56 Å². The predicted octanol–water partition coefficient (Wildman–Crippen LogP) is 0.451. The van der Waals surface area contributed by atoms with Gasteiger partial charge in [0.05, 0.1) is 18.8 Å². The number of rotatable bonds is 7. The molecule has 19 heavy (non-hydrogen) atoms. The SMILES string of the molecule is CCC(CO)(CO)NC(=O)CCc1ccccc1N. The van der Waals surface area contributed by atoms with Crippen LogP contribution in [0, 0.1) is 0 Å². The summed E-state index contributed by atoms with van der Waals surface area (Å²) in [5.41, 5.74) is 6.46. The van der Waals surface area contributed by atoms with Crippen molar-refractivity contribution in [2.75, 3.05) is 18.9 Å². The van der Waals surface area contributed by atoms with Crippen molar-refractivity contribution in [2.45, 2.75) is 31.7 Å². The van der Waals surface area contributed by atoms with Crippen molar-refractivity contribution in [1.29, 1.82) is 0 Å². The molecule has 0 radical (unpaired) electrons. The standard InChI is InChI=1S/C14H22N2O3/c1-2-14(9-17,10-18)16-13(19)8-7-11-5-3-4-6-12(11)15/h3-6,17-18H,2,7-10,15H2,1H3,(H,16,19). The molecule has 0 bridgehead atoms. The van der Waals surface area contributed by atoms with Crippen LogP contribution in [0.25, 0.3) is 0 Å². The molecule has 0 saturated heterocycles. The lowest BCUT2D eigenvalue weighted by molar-refractivity contribution is -0.124. The number of hydrogen-bond acceptors (Lipinski definition) is 4. The van der Waals surface area contributed by atoms with Gasteiger partial charge in [0.25, 0.3) is 0 Å². The number of amides is 1. The summed E-state index contributed by atoms with van der Waals surface area (Å²) in [6, 6.07) is 7.40. The molecule has 0 saturated carbocycles. The zero-order chi connectivity index (χ0) is 14.3. The van der Waals surface area contributed by atoms with E-state index in [0.29, 0.717) is 18.5 Å². The van der Waals surface area contributed by atoms with Crippen LogP contribution in [-0.4, -0.2) is 34.9 Å². The molecule has 5 N–H and O–H groups in total. The van der Waals surface area contributed by atoms with Gasteiger partial charge in [0.15, 0.2) is 0 Å². The molecule has 1 aromatic rings. The van der Waals surface area contributed by atoms with Gasteiger partial charge in [0, 0.05) is 12.1 Å². The van der Waals surface area contributed by atoms with Gasteiger partial charge in [-0.1, -0.05) is 25.1 Å². The molecule has 5 nitrogen and oxygen atoms in total. The number of aryl methyl sites for hydroxylation is 1. The second kappa shape index (κ2) is 7.11. The lowest BCUT2D eigenvalue weighted by Crippen LogP contribution is -2.53. The van der Waals surface area contributed by atoms with E-state index in [1.165, 1.54) is 0 Å². The minimum absolute atomic E-state index is 0.201. The smallest absolute Gasteiger partial charge is 0.220 e. The van der Waals surface area contributed by atoms with Crippen LogP contribution in [-0.2, 0) is 11.2 Å². The largest absolute Gasteiger partial charge is 0.399 e. The third kappa shape index (κ3) is 4.22. The topological polar surface area (TPSA) is 95.6 Å². The molecule has 0 aliphatic heterocycles. The summed E-state index contributed by atoms with van der Waals surface area (Å²) in [5, 5.41) is 21.2. The number of nitrogens with two attached hydrogens (primary N) is 1. The van der Waals surface area contributed by atoms with Gasteiger partial charge in [0.1, 0.15) is 0 Å². The van der Waals surface area contributed by atoms with E-state index in [-0.39, 0.29) is 25.5 Å². The molecule has 1 rings (SSSR count). The summed E-state index contributed by atoms with van der Waals surface area (Å²) in [7, 11) is 0. The van der Waals surface area contributed by atoms with Gasteiger partial charge in [-0.3, -0.25) is 4.79 Å². The zero-order valence-corrected chi connectivity index (χ0v) is 11.2. The fraction of sp³-hybridized carbons (Fsp3) is 0.500. The summed E-state index contributed by atoms with van der Waals surface area (Å²) in [6.07, 6.45) is 1.28. The number of aliphatic hydroxyl groups is 2. The Balaban J connectivity index is 2.54. The summed E-state index contributed by atoms with van der Waals surface area (Å²) in [4.78, 5) is 11.8. The summed E-state index contributed by atoms with van der Waals surface area (Å²) in [5.74, 6) is -0.201. The quantitative estimate of drug-likeness (QED) is 0.539. The van der Waals surface area contributed by atoms with Crippen LogP contribution in [0.1, 0.15) is 25.3 Å². The number of benzene rings is 1. The molecule has 106 valence electrons. The molecule has 0 fully saturated rings. The van der Waals surface area contributed by atoms with Crippen molar-refractivity contribution in [3.8, 4) is 0 Å². The second-order valence-corrected chi connectivity index (χ2v) is 4.70. The molecule has 0 spiro atoms. The van der Waals surface area contributed by atoms with Crippen LogP contribution in [0.5, 0.6) is 0 Å². The van der Waals surface area contributed by atoms with Gasteiger partial charge in [-0.25, -0.2) is 0 Å². The molecule has 1 aromatic carbocycles. The Morgan fingerprint density at radius 3 is 2.47 bits per heavy atom. The van der Waals surface area contributed by atoms with E-state index in [9.17, 15) is 15.0 Å². The molecule has 0 atom stereocenters. The van der Waals surface area contributed by atoms with E-state index >= 15 is 0 Å². The van der Waals surface area contributed by atoms with Crippen molar-refractivity contribution < 1.29 is 15.0 Å². The predicted molar refractivity (Wildman–Crippen MR) is 74.5 cm³/mol. The number of para-hydroxylation sites is 1. The number of anilines is 1. The Kier molecular flexibility index (Phi) is 5.79. The summed E-state index contributed by atoms with van der Waals surface area (Å²) < 4.78 is 0. The first-order chi connectivity index (χ1) is 9.06. The molecular formula is C14H22N2O3. The number of carbonyl (C=O) groups is 1. The molecule has 0 heterocycles. The monoisotopic (exact) mass is 266 g/mol. The van der Waals surface area contributed by atoms with E-state index in [4.69, 9.17) is 5.73 Å². The minimum atomic E-state index is -0.931. The maximum absolute atomic E-state index is 11.8. The molecule has 0 aliphatic rings. The molecular weight excluding hydrogens is 244 g/mol. The van der Waals surface area contributed by atoms with Gasteiger partial charge >= 0.3 is 0 Å². The zero-order valence-electron chi connectivity index (χ0n) is 11.2. The van der Waals surface area contributed by atoms with Crippen LogP contribution in [0.15, 0.2) is 24.3 Å². The first-order valence-corrected chi connectivity index (χ1v) is 6.43. The van der Waals surface area contributed by atoms with Crippen LogP contribution in [0.4, 0.5) is 5.69 Å². The maximum atomic E-state index is 11.8. The van der Waals surface area contributed by atoms with Crippen LogP contribution >= 0.6 is 0 Å². The number of hydrogen-bond donors (Lipinski definition) is 4. The average Bonchev–Trinajstić information content (AvgIpc) is 2.44. The Hall–Kier alpha value is -1.59. The Morgan fingerprint density at radius 2 is 1.95 bits per heavy atom. The van der Waals surface area contributed by atoms with Crippen molar-refractivity contribution in [1.82, 2.24) is 5.32 Å². The summed E-state index contributed by atoms with van der Waals surface area (Å²) >= 11 is 0. The van der Waals surface area contributed by atoms with Crippen molar-refractivity contribution in [2.24, 2.45) is 0 Å². The number of nitrogens with one attached hydrogen (secondary N) is 1. The Bertz CT molecular complexity index is 409. The van der Waals surface area contributed by atoms with Crippen LogP contribution in [0.3, 0.4) is 0 Å². The summed E-state index contributed by atoms with van der Waals surface area (Å²) in [6.45, 7) is 1.25. The highest BCUT2D eigenvalue weighted by molar-refractivity contribution is 5.77. The lowest BCUT2D eigenvalue weighted by Gasteiger charge is -2.29. The van der Waals surface area contributed by atoms with Crippen molar-refractivity contribution >= 4 is 11.6 Å². The number of aliphatic hydroxyl groups excluding tert-OH is 2. The Labute approximate surface area is 113 Å². The second-order valence-electron chi connectivity index (χ2n) is 4.70. The third-order valence-electron chi connectivity index (χ3n) is 3.36. The molecule has 0 unspecified atom stereocenters. The highest BCUT2D eigenvalue weighted by atomic mass is 16.3. The number of nitrogen functional groups attached to an aromatic ring is 1. The van der Waals surface area contributed by atoms with Gasteiger partial charge in [-0.15, -0.1) is 0 Å². The van der Waals surface area contributed by atoms with Crippen LogP contribution in [0.2, 0.25) is 0 Å². The van der Waals surface area contributed by atoms with Gasteiger partial charge in [-0.2, -0.15) is 0 Å². The minimum Gasteiger partial charge on any atom is -0.399 e. The normalized spacial score (nSPS) is 11.3. The maximum Gasteiger partial charge on any atom is 0.220 e. The van der Waals surface area contributed by atoms with E-state index < -0.39 is 5.54 Å². The fourth-order valence-electron chi connectivity index (χ4n) is 1.81. The van der Waals surface area contributed by atoms with E-state index in [1.807, 2.05) is 25.1 Å². The van der Waals surface area contributed by atoms with Gasteiger partial charge in [0.2, 0.25) is 5.91 Å². The van der Waals surface area contributed by atoms with E-state index in [2.05, 4.69) is 5.32 Å². The highest BCUT2D eigenvalue weighted by Gasteiger charge is 2.28. The average molecular weight is 266 g/mol. The first-order valence-electron chi connectivity index (χ1n) is 6.43. The van der Waals surface area contributed by atoms with Crippen molar-refractivity contribution in [3.63, 3.8) is 0 Å². The van der Waals surface area contributed by atoms with Gasteiger partial charge in [-0.05, 0) is 24.5 Å². The third-order valence-corrected chi connectivity index (χ3v) is 3.36. The molecule has 0 aromatic heterocycles. The highest BCUT2D eigenvalue weighted by Crippen LogP contribution is 2.14. The van der Waals surface area contributed by atoms with Gasteiger partial charge < -0.3 is 21.3 Å². The number of carbonyl (C=O) groups excluding carboxylic acids is 1. The molecule has 0 aliphatic carbocycles. The van der Waals surface area contributed by atoms with Crippen molar-refractivity contribution in [3.05, 3.63) is 29.8 Å². The van der Waals surface area contributed by atoms with E-state index in [1.54, 1.807) is 6.07 Å². The lowest BCUT2D eigenvalue weighted by atomic mass is 9.98. The fourth-order valence-corrected chi connectivity index (χ4v) is 1.81.